The van der Waals surface area contributed by atoms with E-state index in [9.17, 15) is 0 Å². The van der Waals surface area contributed by atoms with Gasteiger partial charge in [-0.25, -0.2) is 0 Å². The zero-order chi connectivity index (χ0) is 11.5. The lowest BCUT2D eigenvalue weighted by Crippen LogP contribution is -2.56. The fraction of sp³-hybridized carbons (Fsp3) is 0.538. The maximum Gasteiger partial charge on any atom is 0.0361 e. The number of hydrogen-bond acceptors (Lipinski definition) is 2. The molecule has 2 heteroatoms. The molecule has 0 saturated carbocycles. The first-order valence-electron chi connectivity index (χ1n) is 5.42. The molecular formula is C13H22N2. The molecule has 1 aliphatic heterocycles. The molecule has 1 heterocycles. The van der Waals surface area contributed by atoms with E-state index in [1.165, 1.54) is 5.70 Å². The van der Waals surface area contributed by atoms with Crippen LogP contribution in [0.15, 0.2) is 37.1 Å². The van der Waals surface area contributed by atoms with Gasteiger partial charge in [0.15, 0.2) is 0 Å². The lowest BCUT2D eigenvalue weighted by Gasteiger charge is -2.46. The smallest absolute Gasteiger partial charge is 0.0361 e. The Bertz CT molecular complexity index is 276. The van der Waals surface area contributed by atoms with Gasteiger partial charge in [0.1, 0.15) is 0 Å². The Hall–Kier alpha value is -1.02. The first-order valence-corrected chi connectivity index (χ1v) is 5.42. The number of likely N-dealkylation sites (N-methyl/N-ethyl adjacent to an activating group) is 1. The van der Waals surface area contributed by atoms with E-state index in [-0.39, 0.29) is 5.54 Å². The Morgan fingerprint density at radius 1 is 1.27 bits per heavy atom. The van der Waals surface area contributed by atoms with Crippen LogP contribution in [0.1, 0.15) is 13.8 Å². The first-order chi connectivity index (χ1) is 7.01. The minimum atomic E-state index is 0.224. The van der Waals surface area contributed by atoms with E-state index >= 15 is 0 Å². The molecule has 2 nitrogen and oxygen atoms in total. The number of piperazine rings is 1. The fourth-order valence-corrected chi connectivity index (χ4v) is 1.88. The molecule has 0 N–H and O–H groups in total. The van der Waals surface area contributed by atoms with E-state index in [4.69, 9.17) is 0 Å². The van der Waals surface area contributed by atoms with Gasteiger partial charge in [0.2, 0.25) is 0 Å². The summed E-state index contributed by atoms with van der Waals surface area (Å²) < 4.78 is 0. The van der Waals surface area contributed by atoms with Crippen molar-refractivity contribution in [1.82, 2.24) is 9.80 Å². The molecule has 0 aromatic carbocycles. The van der Waals surface area contributed by atoms with Crippen LogP contribution in [0, 0.1) is 0 Å². The van der Waals surface area contributed by atoms with Gasteiger partial charge < -0.3 is 4.90 Å². The third-order valence-corrected chi connectivity index (χ3v) is 3.18. The van der Waals surface area contributed by atoms with Crippen LogP contribution < -0.4 is 0 Å². The maximum atomic E-state index is 3.85. The topological polar surface area (TPSA) is 6.48 Å². The molecule has 0 spiro atoms. The quantitative estimate of drug-likeness (QED) is 0.654. The van der Waals surface area contributed by atoms with Gasteiger partial charge in [-0.05, 0) is 33.0 Å². The van der Waals surface area contributed by atoms with Crippen LogP contribution in [0.4, 0.5) is 0 Å². The molecule has 0 atom stereocenters. The van der Waals surface area contributed by atoms with Gasteiger partial charge in [0.05, 0.1) is 0 Å². The predicted octanol–water partition coefficient (Wildman–Crippen LogP) is 2.27. The van der Waals surface area contributed by atoms with Crippen molar-refractivity contribution in [3.63, 3.8) is 0 Å². The van der Waals surface area contributed by atoms with E-state index in [1.54, 1.807) is 0 Å². The second-order valence-corrected chi connectivity index (χ2v) is 4.69. The van der Waals surface area contributed by atoms with Crippen molar-refractivity contribution in [3.8, 4) is 0 Å². The highest BCUT2D eigenvalue weighted by atomic mass is 15.3. The first kappa shape index (κ1) is 12.1. The summed E-state index contributed by atoms with van der Waals surface area (Å²) in [5.41, 5.74) is 1.40. The third kappa shape index (κ3) is 2.72. The van der Waals surface area contributed by atoms with Gasteiger partial charge in [-0.2, -0.15) is 0 Å². The van der Waals surface area contributed by atoms with Crippen molar-refractivity contribution in [2.45, 2.75) is 19.4 Å². The molecule has 0 bridgehead atoms. The summed E-state index contributed by atoms with van der Waals surface area (Å²) in [6, 6.07) is 0. The molecule has 1 saturated heterocycles. The summed E-state index contributed by atoms with van der Waals surface area (Å²) in [6.07, 6.45) is 5.75. The molecule has 1 aliphatic rings. The molecule has 1 rings (SSSR count). The molecule has 1 fully saturated rings. The number of rotatable bonds is 3. The summed E-state index contributed by atoms with van der Waals surface area (Å²) in [5.74, 6) is 0. The second-order valence-electron chi connectivity index (χ2n) is 4.69. The van der Waals surface area contributed by atoms with Crippen molar-refractivity contribution in [2.24, 2.45) is 0 Å². The van der Waals surface area contributed by atoms with Crippen LogP contribution in [0.25, 0.3) is 0 Å². The van der Waals surface area contributed by atoms with Gasteiger partial charge in [-0.1, -0.05) is 19.2 Å². The van der Waals surface area contributed by atoms with Crippen LogP contribution in [-0.2, 0) is 0 Å². The van der Waals surface area contributed by atoms with E-state index in [2.05, 4.69) is 43.9 Å². The zero-order valence-electron chi connectivity index (χ0n) is 10.2. The van der Waals surface area contributed by atoms with E-state index < -0.39 is 0 Å². The summed E-state index contributed by atoms with van der Waals surface area (Å²) in [4.78, 5) is 4.77. The Morgan fingerprint density at radius 2 is 1.93 bits per heavy atom. The van der Waals surface area contributed by atoms with E-state index in [0.717, 1.165) is 19.6 Å². The third-order valence-electron chi connectivity index (χ3n) is 3.18. The van der Waals surface area contributed by atoms with Crippen LogP contribution in [-0.4, -0.2) is 42.0 Å². The van der Waals surface area contributed by atoms with Gasteiger partial charge in [0.25, 0.3) is 0 Å². The lowest BCUT2D eigenvalue weighted by molar-refractivity contribution is 0.0599. The number of nitrogens with zero attached hydrogens (tertiary/aromatic N) is 2. The fourth-order valence-electron chi connectivity index (χ4n) is 1.88. The molecule has 0 radical (unpaired) electrons. The Balaban J connectivity index is 2.78. The van der Waals surface area contributed by atoms with Crippen LogP contribution in [0.5, 0.6) is 0 Å². The normalized spacial score (nSPS) is 22.6. The molecule has 0 aromatic rings. The Labute approximate surface area is 93.6 Å². The number of hydrogen-bond donors (Lipinski definition) is 0. The minimum absolute atomic E-state index is 0.224. The van der Waals surface area contributed by atoms with Crippen LogP contribution >= 0.6 is 0 Å². The molecule has 0 amide bonds. The van der Waals surface area contributed by atoms with Crippen molar-refractivity contribution in [3.05, 3.63) is 37.1 Å². The van der Waals surface area contributed by atoms with Crippen LogP contribution in [0.3, 0.4) is 0 Å². The average molecular weight is 206 g/mol. The summed E-state index contributed by atoms with van der Waals surface area (Å²) >= 11 is 0. The standard InChI is InChI=1S/C13H22N2/c1-6-8-12(7-2)15-10-9-14(5)13(3,4)11-15/h6-8H,1-2,9-11H2,3-5H3/b12-8+. The molecule has 0 aliphatic carbocycles. The summed E-state index contributed by atoms with van der Waals surface area (Å²) in [7, 11) is 2.18. The monoisotopic (exact) mass is 206 g/mol. The largest absolute Gasteiger partial charge is 0.368 e. The second kappa shape index (κ2) is 4.67. The summed E-state index contributed by atoms with van der Waals surface area (Å²) in [6.45, 7) is 15.3. The summed E-state index contributed by atoms with van der Waals surface area (Å²) in [5, 5.41) is 0. The highest BCUT2D eigenvalue weighted by Gasteiger charge is 2.31. The molecule has 15 heavy (non-hydrogen) atoms. The van der Waals surface area contributed by atoms with E-state index in [1.807, 2.05) is 18.2 Å². The average Bonchev–Trinajstić information content (AvgIpc) is 2.18. The van der Waals surface area contributed by atoms with Crippen molar-refractivity contribution in [1.29, 1.82) is 0 Å². The minimum Gasteiger partial charge on any atom is -0.368 e. The van der Waals surface area contributed by atoms with E-state index in [0.29, 0.717) is 0 Å². The van der Waals surface area contributed by atoms with Crippen LogP contribution in [0.2, 0.25) is 0 Å². The van der Waals surface area contributed by atoms with Gasteiger partial charge >= 0.3 is 0 Å². The number of allylic oxidation sites excluding steroid dienone is 3. The SMILES string of the molecule is C=C/C=C(\C=C)N1CCN(C)C(C)(C)C1. The van der Waals surface area contributed by atoms with Gasteiger partial charge in [0, 0.05) is 30.9 Å². The maximum absolute atomic E-state index is 3.85. The van der Waals surface area contributed by atoms with Gasteiger partial charge in [-0.15, -0.1) is 0 Å². The van der Waals surface area contributed by atoms with Gasteiger partial charge in [-0.3, -0.25) is 4.90 Å². The van der Waals surface area contributed by atoms with Crippen molar-refractivity contribution >= 4 is 0 Å². The molecule has 84 valence electrons. The highest BCUT2D eigenvalue weighted by molar-refractivity contribution is 5.21. The van der Waals surface area contributed by atoms with Crippen molar-refractivity contribution in [2.75, 3.05) is 26.7 Å². The highest BCUT2D eigenvalue weighted by Crippen LogP contribution is 2.22. The zero-order valence-corrected chi connectivity index (χ0v) is 10.2. The Kier molecular flexibility index (Phi) is 3.75. The molecule has 0 unspecified atom stereocenters. The molecular weight excluding hydrogens is 184 g/mol. The van der Waals surface area contributed by atoms with Crippen molar-refractivity contribution < 1.29 is 0 Å². The Morgan fingerprint density at radius 3 is 2.40 bits per heavy atom. The molecule has 0 aromatic heterocycles. The predicted molar refractivity (Wildman–Crippen MR) is 66.8 cm³/mol. The lowest BCUT2D eigenvalue weighted by atomic mass is 9.99.